The first-order chi connectivity index (χ1) is 11.9. The molecule has 0 saturated heterocycles. The van der Waals surface area contributed by atoms with Crippen LogP contribution in [0.5, 0.6) is 0 Å². The maximum atomic E-state index is 12.2. The third-order valence-electron chi connectivity index (χ3n) is 3.52. The Morgan fingerprint density at radius 2 is 1.80 bits per heavy atom. The van der Waals surface area contributed by atoms with E-state index in [9.17, 15) is 14.9 Å². The van der Waals surface area contributed by atoms with Crippen LogP contribution in [0.2, 0.25) is 0 Å². The van der Waals surface area contributed by atoms with Gasteiger partial charge in [0.2, 0.25) is 0 Å². The molecule has 0 aromatic heterocycles. The maximum absolute atomic E-state index is 12.2. The normalized spacial score (nSPS) is 10.7. The molecule has 2 aromatic rings. The van der Waals surface area contributed by atoms with Gasteiger partial charge in [-0.15, -0.1) is 0 Å². The molecule has 1 amide bonds. The smallest absolute Gasteiger partial charge is 0.335 e. The Kier molecular flexibility index (Phi) is 5.54. The summed E-state index contributed by atoms with van der Waals surface area (Å²) < 4.78 is 0. The molecule has 0 radical (unpaired) electrons. The number of rotatable bonds is 5. The quantitative estimate of drug-likeness (QED) is 0.573. The summed E-state index contributed by atoms with van der Waals surface area (Å²) in [5.41, 5.74) is 3.29. The van der Waals surface area contributed by atoms with Crippen LogP contribution in [0.15, 0.2) is 54.2 Å². The number of aromatic carboxylic acids is 1. The Balaban J connectivity index is 2.11. The second-order valence-corrected chi connectivity index (χ2v) is 5.47. The average molecular weight is 335 g/mol. The van der Waals surface area contributed by atoms with Gasteiger partial charge in [-0.3, -0.25) is 4.79 Å². The number of aryl methyl sites for hydroxylation is 2. The standard InChI is InChI=1S/C19H17N3O3/c1-12-3-4-13(2)17(9-12)21-11-15(10-20)18(23)22-16-7-5-14(6-8-16)19(24)25/h3-9,11,21H,1-2H3,(H,22,23)(H,24,25)/b15-11-. The van der Waals surface area contributed by atoms with E-state index in [0.29, 0.717) is 5.69 Å². The molecule has 2 rings (SSSR count). The van der Waals surface area contributed by atoms with E-state index in [0.717, 1.165) is 16.8 Å². The summed E-state index contributed by atoms with van der Waals surface area (Å²) in [7, 11) is 0. The van der Waals surface area contributed by atoms with Crippen molar-refractivity contribution in [2.24, 2.45) is 0 Å². The van der Waals surface area contributed by atoms with Crippen LogP contribution in [-0.4, -0.2) is 17.0 Å². The van der Waals surface area contributed by atoms with Gasteiger partial charge in [0, 0.05) is 17.6 Å². The Labute approximate surface area is 145 Å². The van der Waals surface area contributed by atoms with Gasteiger partial charge in [-0.25, -0.2) is 4.79 Å². The third-order valence-corrected chi connectivity index (χ3v) is 3.52. The first-order valence-electron chi connectivity index (χ1n) is 7.49. The fourth-order valence-corrected chi connectivity index (χ4v) is 2.08. The van der Waals surface area contributed by atoms with Gasteiger partial charge in [-0.2, -0.15) is 5.26 Å². The van der Waals surface area contributed by atoms with Gasteiger partial charge in [0.05, 0.1) is 5.56 Å². The molecule has 6 nitrogen and oxygen atoms in total. The predicted octanol–water partition coefficient (Wildman–Crippen LogP) is 3.46. The number of hydrogen-bond acceptors (Lipinski definition) is 4. The van der Waals surface area contributed by atoms with E-state index in [1.807, 2.05) is 38.1 Å². The minimum atomic E-state index is -1.05. The van der Waals surface area contributed by atoms with Crippen LogP contribution in [-0.2, 0) is 4.79 Å². The fraction of sp³-hybridized carbons (Fsp3) is 0.105. The molecule has 0 bridgehead atoms. The van der Waals surface area contributed by atoms with Crippen molar-refractivity contribution in [1.82, 2.24) is 0 Å². The Morgan fingerprint density at radius 3 is 2.40 bits per heavy atom. The van der Waals surface area contributed by atoms with Crippen LogP contribution >= 0.6 is 0 Å². The number of carboxylic acids is 1. The van der Waals surface area contributed by atoms with Crippen LogP contribution in [0.25, 0.3) is 0 Å². The van der Waals surface area contributed by atoms with Crippen LogP contribution in [0.3, 0.4) is 0 Å². The molecule has 0 saturated carbocycles. The minimum Gasteiger partial charge on any atom is -0.478 e. The second kappa shape index (κ2) is 7.79. The van der Waals surface area contributed by atoms with E-state index in [1.165, 1.54) is 30.5 Å². The second-order valence-electron chi connectivity index (χ2n) is 5.47. The van der Waals surface area contributed by atoms with Crippen LogP contribution < -0.4 is 10.6 Å². The summed E-state index contributed by atoms with van der Waals surface area (Å²) in [5.74, 6) is -1.63. The summed E-state index contributed by atoms with van der Waals surface area (Å²) >= 11 is 0. The number of carbonyl (C=O) groups excluding carboxylic acids is 1. The summed E-state index contributed by atoms with van der Waals surface area (Å²) in [6.07, 6.45) is 1.35. The average Bonchev–Trinajstić information content (AvgIpc) is 2.58. The molecule has 0 aliphatic rings. The molecule has 2 aromatic carbocycles. The molecule has 0 spiro atoms. The number of anilines is 2. The van der Waals surface area contributed by atoms with Crippen molar-refractivity contribution in [3.63, 3.8) is 0 Å². The number of hydrogen-bond donors (Lipinski definition) is 3. The zero-order valence-electron chi connectivity index (χ0n) is 13.8. The van der Waals surface area contributed by atoms with E-state index >= 15 is 0 Å². The van der Waals surface area contributed by atoms with E-state index in [1.54, 1.807) is 0 Å². The monoisotopic (exact) mass is 335 g/mol. The van der Waals surface area contributed by atoms with Gasteiger partial charge in [0.25, 0.3) is 5.91 Å². The van der Waals surface area contributed by atoms with Crippen molar-refractivity contribution in [2.45, 2.75) is 13.8 Å². The summed E-state index contributed by atoms with van der Waals surface area (Å²) in [5, 5.41) is 23.6. The molecule has 0 aliphatic carbocycles. The van der Waals surface area contributed by atoms with Crippen molar-refractivity contribution in [2.75, 3.05) is 10.6 Å². The van der Waals surface area contributed by atoms with Gasteiger partial charge in [-0.1, -0.05) is 12.1 Å². The van der Waals surface area contributed by atoms with Gasteiger partial charge in [0.1, 0.15) is 11.6 Å². The number of carboxylic acid groups (broad SMARTS) is 1. The predicted molar refractivity (Wildman–Crippen MR) is 95.3 cm³/mol. The molecule has 126 valence electrons. The largest absolute Gasteiger partial charge is 0.478 e. The number of nitriles is 1. The van der Waals surface area contributed by atoms with Crippen molar-refractivity contribution in [3.05, 3.63) is 70.9 Å². The molecule has 0 fully saturated rings. The van der Waals surface area contributed by atoms with Gasteiger partial charge in [0.15, 0.2) is 0 Å². The lowest BCUT2D eigenvalue weighted by molar-refractivity contribution is -0.112. The fourth-order valence-electron chi connectivity index (χ4n) is 2.08. The number of amides is 1. The van der Waals surface area contributed by atoms with Crippen LogP contribution in [0, 0.1) is 25.2 Å². The third kappa shape index (κ3) is 4.69. The Bertz CT molecular complexity index is 878. The zero-order valence-corrected chi connectivity index (χ0v) is 13.8. The van der Waals surface area contributed by atoms with Gasteiger partial charge < -0.3 is 15.7 Å². The van der Waals surface area contributed by atoms with Gasteiger partial charge >= 0.3 is 5.97 Å². The van der Waals surface area contributed by atoms with Crippen molar-refractivity contribution >= 4 is 23.3 Å². The zero-order chi connectivity index (χ0) is 18.4. The molecular weight excluding hydrogens is 318 g/mol. The first kappa shape index (κ1) is 17.8. The number of nitrogens with one attached hydrogen (secondary N) is 2. The lowest BCUT2D eigenvalue weighted by atomic mass is 10.1. The van der Waals surface area contributed by atoms with E-state index in [2.05, 4.69) is 10.6 Å². The summed E-state index contributed by atoms with van der Waals surface area (Å²) in [4.78, 5) is 23.0. The Morgan fingerprint density at radius 1 is 1.12 bits per heavy atom. The van der Waals surface area contributed by atoms with E-state index < -0.39 is 11.9 Å². The SMILES string of the molecule is Cc1ccc(C)c(N/C=C(/C#N)C(=O)Nc2ccc(C(=O)O)cc2)c1. The molecular formula is C19H17N3O3. The first-order valence-corrected chi connectivity index (χ1v) is 7.49. The lowest BCUT2D eigenvalue weighted by Crippen LogP contribution is -2.14. The van der Waals surface area contributed by atoms with E-state index in [-0.39, 0.29) is 11.1 Å². The highest BCUT2D eigenvalue weighted by molar-refractivity contribution is 6.06. The van der Waals surface area contributed by atoms with E-state index in [4.69, 9.17) is 5.11 Å². The lowest BCUT2D eigenvalue weighted by Gasteiger charge is -2.08. The topological polar surface area (TPSA) is 102 Å². The molecule has 0 atom stereocenters. The van der Waals surface area contributed by atoms with Crippen molar-refractivity contribution in [1.29, 1.82) is 5.26 Å². The molecule has 0 aliphatic heterocycles. The molecule has 0 heterocycles. The number of benzene rings is 2. The molecule has 0 unspecified atom stereocenters. The van der Waals surface area contributed by atoms with Crippen molar-refractivity contribution in [3.8, 4) is 6.07 Å². The number of carbonyl (C=O) groups is 2. The molecule has 3 N–H and O–H groups in total. The maximum Gasteiger partial charge on any atom is 0.335 e. The Hall–Kier alpha value is -3.59. The minimum absolute atomic E-state index is 0.0942. The summed E-state index contributed by atoms with van der Waals surface area (Å²) in [6, 6.07) is 13.4. The molecule has 25 heavy (non-hydrogen) atoms. The number of nitrogens with zero attached hydrogens (tertiary/aromatic N) is 1. The van der Waals surface area contributed by atoms with Gasteiger partial charge in [-0.05, 0) is 55.3 Å². The highest BCUT2D eigenvalue weighted by Gasteiger charge is 2.10. The van der Waals surface area contributed by atoms with Crippen LogP contribution in [0.4, 0.5) is 11.4 Å². The van der Waals surface area contributed by atoms with Crippen molar-refractivity contribution < 1.29 is 14.7 Å². The highest BCUT2D eigenvalue weighted by Crippen LogP contribution is 2.17. The molecule has 6 heteroatoms. The van der Waals surface area contributed by atoms with Crippen LogP contribution in [0.1, 0.15) is 21.5 Å². The summed E-state index contributed by atoms with van der Waals surface area (Å²) in [6.45, 7) is 3.87. The highest BCUT2D eigenvalue weighted by atomic mass is 16.4.